The van der Waals surface area contributed by atoms with Crippen LogP contribution in [0.4, 0.5) is 11.6 Å². The highest BCUT2D eigenvalue weighted by molar-refractivity contribution is 7.03. The molecule has 0 spiro atoms. The van der Waals surface area contributed by atoms with Crippen molar-refractivity contribution in [2.24, 2.45) is 10.2 Å². The molecule has 0 aliphatic carbocycles. The Morgan fingerprint density at radius 1 is 0.941 bits per heavy atom. The van der Waals surface area contributed by atoms with Crippen LogP contribution in [-0.4, -0.2) is 30.0 Å². The Balaban J connectivity index is 0.000000181. The Bertz CT molecular complexity index is 458. The van der Waals surface area contributed by atoms with E-state index in [1.807, 2.05) is 5.38 Å². The molecule has 0 unspecified atom stereocenters. The predicted molar refractivity (Wildman–Crippen MR) is 61.3 cm³/mol. The van der Waals surface area contributed by atoms with Gasteiger partial charge in [-0.1, -0.05) is 4.49 Å². The van der Waals surface area contributed by atoms with Crippen LogP contribution in [0.15, 0.2) is 46.3 Å². The first-order valence-corrected chi connectivity index (χ1v) is 5.40. The van der Waals surface area contributed by atoms with Crippen molar-refractivity contribution in [3.8, 4) is 0 Å². The Kier molecular flexibility index (Phi) is 4.06. The molecule has 0 aliphatic heterocycles. The largest absolute Gasteiger partial charge is 0.260 e. The zero-order valence-corrected chi connectivity index (χ0v) is 9.37. The summed E-state index contributed by atoms with van der Waals surface area (Å²) in [5.41, 5.74) is 0. The Morgan fingerprint density at radius 3 is 1.88 bits per heavy atom. The normalized spacial score (nSPS) is 10.1. The lowest BCUT2D eigenvalue weighted by Gasteiger charge is -1.81. The number of nitrogens with zero attached hydrogens (tertiary/aromatic N) is 6. The van der Waals surface area contributed by atoms with E-state index in [9.17, 15) is 0 Å². The molecule has 3 aromatic heterocycles. The van der Waals surface area contributed by atoms with E-state index in [-0.39, 0.29) is 0 Å². The fourth-order valence-electron chi connectivity index (χ4n) is 0.852. The van der Waals surface area contributed by atoms with E-state index < -0.39 is 0 Å². The van der Waals surface area contributed by atoms with E-state index in [2.05, 4.69) is 40.2 Å². The SMILES string of the molecule is c1cc(N=Nc2ccn[nH]2)[nH]n1.c1csnn1. The van der Waals surface area contributed by atoms with Crippen molar-refractivity contribution in [3.63, 3.8) is 0 Å². The standard InChI is InChI=1S/C6H6N6.C2H2N2S/c1-3-7-9-5(1)11-12-6-2-4-8-10-6;1-2-5-4-3-1/h1-4H,(H,7,9)(H,8,10);1-2H. The van der Waals surface area contributed by atoms with Crippen molar-refractivity contribution in [1.29, 1.82) is 0 Å². The molecule has 0 saturated heterocycles. The quantitative estimate of drug-likeness (QED) is 0.677. The number of aromatic nitrogens is 6. The second kappa shape index (κ2) is 6.23. The van der Waals surface area contributed by atoms with Gasteiger partial charge in [-0.15, -0.1) is 15.3 Å². The highest BCUT2D eigenvalue weighted by atomic mass is 32.1. The number of hydrogen-bond acceptors (Lipinski definition) is 7. The molecule has 0 amide bonds. The van der Waals surface area contributed by atoms with Gasteiger partial charge in [0.2, 0.25) is 0 Å². The molecule has 0 radical (unpaired) electrons. The number of hydrogen-bond donors (Lipinski definition) is 2. The van der Waals surface area contributed by atoms with Gasteiger partial charge in [0.25, 0.3) is 0 Å². The van der Waals surface area contributed by atoms with Crippen LogP contribution >= 0.6 is 11.5 Å². The van der Waals surface area contributed by atoms with Gasteiger partial charge < -0.3 is 0 Å². The maximum absolute atomic E-state index is 3.84. The minimum atomic E-state index is 0.615. The smallest absolute Gasteiger partial charge is 0.170 e. The van der Waals surface area contributed by atoms with Gasteiger partial charge in [0.1, 0.15) is 0 Å². The van der Waals surface area contributed by atoms with Crippen molar-refractivity contribution in [3.05, 3.63) is 36.1 Å². The highest BCUT2D eigenvalue weighted by Crippen LogP contribution is 2.11. The van der Waals surface area contributed by atoms with Gasteiger partial charge >= 0.3 is 0 Å². The fraction of sp³-hybridized carbons (Fsp3) is 0. The molecule has 3 heterocycles. The molecule has 3 aromatic rings. The summed E-state index contributed by atoms with van der Waals surface area (Å²) in [6.07, 6.45) is 4.88. The van der Waals surface area contributed by atoms with Gasteiger partial charge in [0.05, 0.1) is 18.6 Å². The Morgan fingerprint density at radius 2 is 1.59 bits per heavy atom. The van der Waals surface area contributed by atoms with E-state index >= 15 is 0 Å². The number of azo groups is 1. The van der Waals surface area contributed by atoms with E-state index in [0.717, 1.165) is 0 Å². The summed E-state index contributed by atoms with van der Waals surface area (Å²) in [5.74, 6) is 1.23. The molecule has 0 aromatic carbocycles. The summed E-state index contributed by atoms with van der Waals surface area (Å²) in [4.78, 5) is 0. The number of nitrogens with one attached hydrogen (secondary N) is 2. The van der Waals surface area contributed by atoms with Crippen LogP contribution in [-0.2, 0) is 0 Å². The topological polar surface area (TPSA) is 108 Å². The lowest BCUT2D eigenvalue weighted by Crippen LogP contribution is -1.64. The zero-order chi connectivity index (χ0) is 11.8. The molecule has 0 fully saturated rings. The monoisotopic (exact) mass is 248 g/mol. The molecule has 3 rings (SSSR count). The van der Waals surface area contributed by atoms with Crippen LogP contribution in [0.2, 0.25) is 0 Å². The van der Waals surface area contributed by atoms with E-state index in [0.29, 0.717) is 11.6 Å². The van der Waals surface area contributed by atoms with Crippen molar-refractivity contribution >= 4 is 23.2 Å². The number of aromatic amines is 2. The maximum Gasteiger partial charge on any atom is 0.170 e. The zero-order valence-electron chi connectivity index (χ0n) is 8.56. The molecule has 86 valence electrons. The molecule has 0 saturated carbocycles. The first-order chi connectivity index (χ1) is 8.45. The minimum absolute atomic E-state index is 0.615. The van der Waals surface area contributed by atoms with Crippen molar-refractivity contribution in [2.75, 3.05) is 0 Å². The van der Waals surface area contributed by atoms with Gasteiger partial charge in [-0.25, -0.2) is 0 Å². The van der Waals surface area contributed by atoms with Crippen molar-refractivity contribution in [2.45, 2.75) is 0 Å². The molecule has 17 heavy (non-hydrogen) atoms. The van der Waals surface area contributed by atoms with Crippen LogP contribution in [0.5, 0.6) is 0 Å². The van der Waals surface area contributed by atoms with Crippen LogP contribution < -0.4 is 0 Å². The van der Waals surface area contributed by atoms with E-state index in [1.54, 1.807) is 30.7 Å². The van der Waals surface area contributed by atoms with Gasteiger partial charge in [-0.2, -0.15) is 10.2 Å². The van der Waals surface area contributed by atoms with Gasteiger partial charge in [0.15, 0.2) is 11.6 Å². The maximum atomic E-state index is 3.84. The van der Waals surface area contributed by atoms with Crippen LogP contribution in [0.25, 0.3) is 0 Å². The van der Waals surface area contributed by atoms with Crippen molar-refractivity contribution < 1.29 is 0 Å². The molecule has 0 aliphatic rings. The number of rotatable bonds is 2. The van der Waals surface area contributed by atoms with Crippen LogP contribution in [0.1, 0.15) is 0 Å². The second-order valence-corrected chi connectivity index (χ2v) is 3.32. The van der Waals surface area contributed by atoms with Crippen molar-refractivity contribution in [1.82, 2.24) is 30.0 Å². The third kappa shape index (κ3) is 3.91. The molecular formula is C8H8N8S. The Hall–Kier alpha value is -2.42. The van der Waals surface area contributed by atoms with E-state index in [1.165, 1.54) is 11.5 Å². The van der Waals surface area contributed by atoms with Gasteiger partial charge in [0, 0.05) is 17.5 Å². The first kappa shape index (κ1) is 11.1. The summed E-state index contributed by atoms with van der Waals surface area (Å²) in [5, 5.41) is 25.7. The average molecular weight is 248 g/mol. The predicted octanol–water partition coefficient (Wildman–Crippen LogP) is 2.09. The first-order valence-electron chi connectivity index (χ1n) is 4.56. The molecular weight excluding hydrogens is 240 g/mol. The third-order valence-electron chi connectivity index (χ3n) is 1.52. The Labute approximate surface area is 100.0 Å². The summed E-state index contributed by atoms with van der Waals surface area (Å²) in [6, 6.07) is 3.44. The third-order valence-corrected chi connectivity index (χ3v) is 1.95. The summed E-state index contributed by atoms with van der Waals surface area (Å²) in [6.45, 7) is 0. The number of H-pyrrole nitrogens is 2. The summed E-state index contributed by atoms with van der Waals surface area (Å²) in [7, 11) is 0. The summed E-state index contributed by atoms with van der Waals surface area (Å²) >= 11 is 1.35. The van der Waals surface area contributed by atoms with Gasteiger partial charge in [-0.05, 0) is 11.5 Å². The lowest BCUT2D eigenvalue weighted by atomic mass is 10.6. The van der Waals surface area contributed by atoms with Crippen LogP contribution in [0.3, 0.4) is 0 Å². The summed E-state index contributed by atoms with van der Waals surface area (Å²) < 4.78 is 3.51. The van der Waals surface area contributed by atoms with Gasteiger partial charge in [-0.3, -0.25) is 10.2 Å². The minimum Gasteiger partial charge on any atom is -0.260 e. The highest BCUT2D eigenvalue weighted by Gasteiger charge is 1.89. The fourth-order valence-corrected chi connectivity index (χ4v) is 1.12. The van der Waals surface area contributed by atoms with Crippen LogP contribution in [0, 0.1) is 0 Å². The van der Waals surface area contributed by atoms with E-state index in [4.69, 9.17) is 0 Å². The second-order valence-electron chi connectivity index (χ2n) is 2.67. The molecule has 9 heteroatoms. The molecule has 8 nitrogen and oxygen atoms in total. The molecule has 0 atom stereocenters. The lowest BCUT2D eigenvalue weighted by molar-refractivity contribution is 1.02. The molecule has 2 N–H and O–H groups in total. The molecule has 0 bridgehead atoms. The average Bonchev–Trinajstić information content (AvgIpc) is 3.12.